The summed E-state index contributed by atoms with van der Waals surface area (Å²) >= 11 is 0. The Morgan fingerprint density at radius 2 is 1.79 bits per heavy atom. The number of para-hydroxylation sites is 1. The summed E-state index contributed by atoms with van der Waals surface area (Å²) in [4.78, 5) is 7.22. The molecule has 2 heterocycles. The van der Waals surface area contributed by atoms with E-state index in [9.17, 15) is 0 Å². The third-order valence-electron chi connectivity index (χ3n) is 4.58. The van der Waals surface area contributed by atoms with Crippen LogP contribution in [0.1, 0.15) is 24.1 Å². The molecule has 0 bridgehead atoms. The van der Waals surface area contributed by atoms with Crippen LogP contribution in [0.5, 0.6) is 5.75 Å². The van der Waals surface area contributed by atoms with Crippen LogP contribution in [0, 0.1) is 6.92 Å². The van der Waals surface area contributed by atoms with E-state index in [1.54, 1.807) is 0 Å². The smallest absolute Gasteiger partial charge is 0.119 e. The van der Waals surface area contributed by atoms with Crippen LogP contribution in [-0.2, 0) is 6.61 Å². The van der Waals surface area contributed by atoms with Gasteiger partial charge in [0.25, 0.3) is 0 Å². The van der Waals surface area contributed by atoms with Crippen LogP contribution in [0.3, 0.4) is 0 Å². The molecule has 0 radical (unpaired) electrons. The molecule has 0 spiro atoms. The van der Waals surface area contributed by atoms with E-state index in [1.807, 2.05) is 30.3 Å². The van der Waals surface area contributed by atoms with E-state index in [4.69, 9.17) is 9.72 Å². The number of aryl methyl sites for hydroxylation is 1. The molecular weight excluding hydrogens is 296 g/mol. The lowest BCUT2D eigenvalue weighted by Gasteiger charge is -2.20. The quantitative estimate of drug-likeness (QED) is 0.696. The van der Waals surface area contributed by atoms with Crippen molar-refractivity contribution in [1.29, 1.82) is 0 Å². The summed E-state index contributed by atoms with van der Waals surface area (Å²) in [5.41, 5.74) is 4.61. The monoisotopic (exact) mass is 318 g/mol. The van der Waals surface area contributed by atoms with Crippen molar-refractivity contribution in [3.8, 4) is 5.75 Å². The van der Waals surface area contributed by atoms with Gasteiger partial charge in [0.05, 0.1) is 5.52 Å². The van der Waals surface area contributed by atoms with E-state index in [1.165, 1.54) is 23.9 Å². The number of ether oxygens (including phenoxy) is 1. The number of fused-ring (bicyclic) bond motifs is 1. The molecule has 3 nitrogen and oxygen atoms in total. The topological polar surface area (TPSA) is 25.4 Å². The van der Waals surface area contributed by atoms with E-state index < -0.39 is 0 Å². The zero-order valence-corrected chi connectivity index (χ0v) is 14.0. The van der Waals surface area contributed by atoms with Gasteiger partial charge in [-0.3, -0.25) is 4.98 Å². The Morgan fingerprint density at radius 3 is 2.58 bits per heavy atom. The van der Waals surface area contributed by atoms with Crippen molar-refractivity contribution in [2.75, 3.05) is 18.0 Å². The second-order valence-corrected chi connectivity index (χ2v) is 6.43. The van der Waals surface area contributed by atoms with E-state index in [-0.39, 0.29) is 0 Å². The average molecular weight is 318 g/mol. The van der Waals surface area contributed by atoms with Crippen molar-refractivity contribution < 1.29 is 4.74 Å². The molecule has 1 aliphatic heterocycles. The summed E-state index contributed by atoms with van der Waals surface area (Å²) in [5, 5.41) is 1.24. The summed E-state index contributed by atoms with van der Waals surface area (Å²) in [7, 11) is 0. The summed E-state index contributed by atoms with van der Waals surface area (Å²) in [5.74, 6) is 0.896. The maximum Gasteiger partial charge on any atom is 0.119 e. The van der Waals surface area contributed by atoms with Gasteiger partial charge in [-0.2, -0.15) is 0 Å². The summed E-state index contributed by atoms with van der Waals surface area (Å²) in [6.07, 6.45) is 2.57. The minimum atomic E-state index is 0.564. The third kappa shape index (κ3) is 3.07. The Kier molecular flexibility index (Phi) is 4.08. The molecule has 1 saturated heterocycles. The van der Waals surface area contributed by atoms with E-state index in [0.29, 0.717) is 6.61 Å². The number of nitrogens with zero attached hydrogens (tertiary/aromatic N) is 2. The van der Waals surface area contributed by atoms with Crippen LogP contribution in [-0.4, -0.2) is 18.1 Å². The molecule has 3 heteroatoms. The van der Waals surface area contributed by atoms with Crippen LogP contribution >= 0.6 is 0 Å². The first-order chi connectivity index (χ1) is 11.8. The van der Waals surface area contributed by atoms with Crippen molar-refractivity contribution in [2.24, 2.45) is 0 Å². The predicted octanol–water partition coefficient (Wildman–Crippen LogP) is 4.72. The minimum absolute atomic E-state index is 0.564. The van der Waals surface area contributed by atoms with E-state index >= 15 is 0 Å². The standard InChI is InChI=1S/C21H22N2O/c1-16-13-21(23-11-5-6-12-23)19-10-9-17(14-20(19)22-16)15-24-18-7-3-2-4-8-18/h2-4,7-10,13-14H,5-6,11-12,15H2,1H3. The van der Waals surface area contributed by atoms with Gasteiger partial charge in [-0.1, -0.05) is 30.3 Å². The largest absolute Gasteiger partial charge is 0.489 e. The van der Waals surface area contributed by atoms with Gasteiger partial charge in [0.15, 0.2) is 0 Å². The molecule has 2 aromatic carbocycles. The number of hydrogen-bond donors (Lipinski definition) is 0. The normalized spacial score (nSPS) is 14.3. The first kappa shape index (κ1) is 15.0. The van der Waals surface area contributed by atoms with Gasteiger partial charge >= 0.3 is 0 Å². The minimum Gasteiger partial charge on any atom is -0.489 e. The number of anilines is 1. The Hall–Kier alpha value is -2.55. The Bertz CT molecular complexity index is 839. The first-order valence-corrected chi connectivity index (χ1v) is 8.63. The number of hydrogen-bond acceptors (Lipinski definition) is 3. The van der Waals surface area contributed by atoms with Gasteiger partial charge in [-0.15, -0.1) is 0 Å². The zero-order chi connectivity index (χ0) is 16.4. The second kappa shape index (κ2) is 6.52. The Labute approximate surface area is 142 Å². The fourth-order valence-electron chi connectivity index (χ4n) is 3.38. The SMILES string of the molecule is Cc1cc(N2CCCC2)c2ccc(COc3ccccc3)cc2n1. The fraction of sp³-hybridized carbons (Fsp3) is 0.286. The molecule has 0 aliphatic carbocycles. The number of aromatic nitrogens is 1. The third-order valence-corrected chi connectivity index (χ3v) is 4.58. The van der Waals surface area contributed by atoms with E-state index in [2.05, 4.69) is 36.1 Å². The molecule has 122 valence electrons. The predicted molar refractivity (Wildman–Crippen MR) is 98.7 cm³/mol. The van der Waals surface area contributed by atoms with Crippen LogP contribution in [0.25, 0.3) is 10.9 Å². The van der Waals surface area contributed by atoms with Crippen LogP contribution in [0.4, 0.5) is 5.69 Å². The number of rotatable bonds is 4. The second-order valence-electron chi connectivity index (χ2n) is 6.43. The zero-order valence-electron chi connectivity index (χ0n) is 14.0. The molecule has 0 N–H and O–H groups in total. The maximum atomic E-state index is 5.86. The molecule has 3 aromatic rings. The highest BCUT2D eigenvalue weighted by Gasteiger charge is 2.16. The molecule has 24 heavy (non-hydrogen) atoms. The van der Waals surface area contributed by atoms with Gasteiger partial charge in [-0.05, 0) is 49.6 Å². The molecule has 1 aliphatic rings. The van der Waals surface area contributed by atoms with Crippen LogP contribution in [0.2, 0.25) is 0 Å². The lowest BCUT2D eigenvalue weighted by molar-refractivity contribution is 0.306. The van der Waals surface area contributed by atoms with Crippen molar-refractivity contribution in [2.45, 2.75) is 26.4 Å². The molecule has 0 saturated carbocycles. The number of pyridine rings is 1. The van der Waals surface area contributed by atoms with Gasteiger partial charge in [0.2, 0.25) is 0 Å². The lowest BCUT2D eigenvalue weighted by atomic mass is 10.1. The molecular formula is C21H22N2O. The Morgan fingerprint density at radius 1 is 1.00 bits per heavy atom. The molecule has 1 fully saturated rings. The highest BCUT2D eigenvalue weighted by molar-refractivity contribution is 5.92. The van der Waals surface area contributed by atoms with Crippen molar-refractivity contribution in [3.63, 3.8) is 0 Å². The Balaban J connectivity index is 1.63. The highest BCUT2D eigenvalue weighted by atomic mass is 16.5. The lowest BCUT2D eigenvalue weighted by Crippen LogP contribution is -2.18. The van der Waals surface area contributed by atoms with Gasteiger partial charge < -0.3 is 9.64 Å². The first-order valence-electron chi connectivity index (χ1n) is 8.63. The van der Waals surface area contributed by atoms with Crippen LogP contribution in [0.15, 0.2) is 54.6 Å². The molecule has 1 aromatic heterocycles. The summed E-state index contributed by atoms with van der Waals surface area (Å²) in [6.45, 7) is 4.94. The van der Waals surface area contributed by atoms with E-state index in [0.717, 1.165) is 35.6 Å². The molecule has 4 rings (SSSR count). The van der Waals surface area contributed by atoms with Crippen molar-refractivity contribution in [3.05, 3.63) is 65.9 Å². The summed E-state index contributed by atoms with van der Waals surface area (Å²) in [6, 6.07) is 18.7. The molecule has 0 amide bonds. The number of benzene rings is 2. The summed E-state index contributed by atoms with van der Waals surface area (Å²) < 4.78 is 5.86. The average Bonchev–Trinajstić information content (AvgIpc) is 3.14. The fourth-order valence-corrected chi connectivity index (χ4v) is 3.38. The van der Waals surface area contributed by atoms with Crippen molar-refractivity contribution in [1.82, 2.24) is 4.98 Å². The van der Waals surface area contributed by atoms with Gasteiger partial charge in [0.1, 0.15) is 12.4 Å². The van der Waals surface area contributed by atoms with Crippen molar-refractivity contribution >= 4 is 16.6 Å². The van der Waals surface area contributed by atoms with Crippen LogP contribution < -0.4 is 9.64 Å². The molecule has 0 unspecified atom stereocenters. The maximum absolute atomic E-state index is 5.86. The van der Waals surface area contributed by atoms with Gasteiger partial charge in [-0.25, -0.2) is 0 Å². The molecule has 0 atom stereocenters. The highest BCUT2D eigenvalue weighted by Crippen LogP contribution is 2.30. The van der Waals surface area contributed by atoms with Gasteiger partial charge in [0, 0.05) is 29.9 Å².